The predicted octanol–water partition coefficient (Wildman–Crippen LogP) is 3.44. The van der Waals surface area contributed by atoms with Crippen LogP contribution < -0.4 is 5.32 Å². The topological polar surface area (TPSA) is 55.4 Å². The van der Waals surface area contributed by atoms with Gasteiger partial charge in [-0.05, 0) is 30.5 Å². The third kappa shape index (κ3) is 4.31. The fourth-order valence-corrected chi connectivity index (χ4v) is 2.67. The Bertz CT molecular complexity index is 628. The molecule has 0 aliphatic carbocycles. The molecule has 1 atom stereocenters. The molecule has 0 unspecified atom stereocenters. The van der Waals surface area contributed by atoms with E-state index < -0.39 is 5.97 Å². The lowest BCUT2D eigenvalue weighted by Gasteiger charge is -2.12. The molecule has 4 nitrogen and oxygen atoms in total. The largest absolute Gasteiger partial charge is 0.452 e. The van der Waals surface area contributed by atoms with Gasteiger partial charge >= 0.3 is 5.97 Å². The van der Waals surface area contributed by atoms with Crippen molar-refractivity contribution < 1.29 is 14.3 Å². The summed E-state index contributed by atoms with van der Waals surface area (Å²) in [4.78, 5) is 24.6. The zero-order chi connectivity index (χ0) is 15.2. The number of amides is 1. The van der Waals surface area contributed by atoms with Crippen LogP contribution in [0.15, 0.2) is 41.8 Å². The number of nitrogens with one attached hydrogen (secondary N) is 1. The first-order valence-electron chi connectivity index (χ1n) is 6.32. The lowest BCUT2D eigenvalue weighted by atomic mass is 10.2. The van der Waals surface area contributed by atoms with Crippen LogP contribution in [0.2, 0.25) is 5.02 Å². The summed E-state index contributed by atoms with van der Waals surface area (Å²) in [6.45, 7) is 1.54. The van der Waals surface area contributed by atoms with E-state index in [9.17, 15) is 9.59 Å². The summed E-state index contributed by atoms with van der Waals surface area (Å²) in [5.41, 5.74) is 0.248. The van der Waals surface area contributed by atoms with Gasteiger partial charge in [-0.1, -0.05) is 29.8 Å². The normalized spacial score (nSPS) is 11.7. The third-order valence-corrected chi connectivity index (χ3v) is 4.16. The molecule has 0 spiro atoms. The number of carbonyl (C=O) groups excluding carboxylic acids is 2. The number of benzene rings is 1. The molecule has 0 bridgehead atoms. The van der Waals surface area contributed by atoms with E-state index in [0.717, 1.165) is 4.88 Å². The molecule has 110 valence electrons. The van der Waals surface area contributed by atoms with Crippen molar-refractivity contribution in [3.05, 3.63) is 57.2 Å². The van der Waals surface area contributed by atoms with E-state index in [1.807, 2.05) is 24.4 Å². The summed E-state index contributed by atoms with van der Waals surface area (Å²) in [5.74, 6) is -0.962. The second-order valence-corrected chi connectivity index (χ2v) is 5.75. The lowest BCUT2D eigenvalue weighted by Crippen LogP contribution is -2.30. The third-order valence-electron chi connectivity index (χ3n) is 2.78. The van der Waals surface area contributed by atoms with Gasteiger partial charge in [0.1, 0.15) is 0 Å². The molecule has 1 heterocycles. The van der Waals surface area contributed by atoms with Crippen molar-refractivity contribution in [2.75, 3.05) is 6.61 Å². The first-order chi connectivity index (χ1) is 10.1. The molecule has 0 aliphatic heterocycles. The van der Waals surface area contributed by atoms with Crippen molar-refractivity contribution in [2.45, 2.75) is 13.0 Å². The van der Waals surface area contributed by atoms with Crippen molar-refractivity contribution in [2.24, 2.45) is 0 Å². The monoisotopic (exact) mass is 323 g/mol. The quantitative estimate of drug-likeness (QED) is 0.858. The molecule has 0 saturated heterocycles. The van der Waals surface area contributed by atoms with Crippen LogP contribution in [-0.2, 0) is 9.53 Å². The van der Waals surface area contributed by atoms with Gasteiger partial charge < -0.3 is 10.1 Å². The molecule has 0 aliphatic rings. The summed E-state index contributed by atoms with van der Waals surface area (Å²) in [6.07, 6.45) is 0. The molecule has 1 aromatic heterocycles. The van der Waals surface area contributed by atoms with E-state index in [1.54, 1.807) is 35.6 Å². The van der Waals surface area contributed by atoms with Crippen LogP contribution in [0.25, 0.3) is 0 Å². The Morgan fingerprint density at radius 3 is 2.71 bits per heavy atom. The van der Waals surface area contributed by atoms with E-state index in [4.69, 9.17) is 16.3 Å². The number of carbonyl (C=O) groups is 2. The van der Waals surface area contributed by atoms with Crippen LogP contribution in [0.5, 0.6) is 0 Å². The van der Waals surface area contributed by atoms with Gasteiger partial charge in [-0.3, -0.25) is 4.79 Å². The SMILES string of the molecule is C[C@@H](NC(=O)COC(=O)c1ccccc1Cl)c1cccs1. The zero-order valence-electron chi connectivity index (χ0n) is 11.3. The van der Waals surface area contributed by atoms with Crippen molar-refractivity contribution >= 4 is 34.8 Å². The number of esters is 1. The summed E-state index contributed by atoms with van der Waals surface area (Å²) in [7, 11) is 0. The second kappa shape index (κ2) is 7.24. The van der Waals surface area contributed by atoms with Gasteiger partial charge in [0.25, 0.3) is 5.91 Å². The Labute approximate surface area is 131 Å². The molecule has 0 radical (unpaired) electrons. The van der Waals surface area contributed by atoms with E-state index in [2.05, 4.69) is 5.32 Å². The average Bonchev–Trinajstić information content (AvgIpc) is 2.99. The Hall–Kier alpha value is -1.85. The fourth-order valence-electron chi connectivity index (χ4n) is 1.73. The smallest absolute Gasteiger partial charge is 0.340 e. The summed E-state index contributed by atoms with van der Waals surface area (Å²) in [5, 5.41) is 5.01. The highest BCUT2D eigenvalue weighted by Crippen LogP contribution is 2.18. The maximum atomic E-state index is 11.8. The van der Waals surface area contributed by atoms with E-state index in [1.165, 1.54) is 0 Å². The Morgan fingerprint density at radius 2 is 2.05 bits per heavy atom. The van der Waals surface area contributed by atoms with Crippen LogP contribution in [0, 0.1) is 0 Å². The van der Waals surface area contributed by atoms with E-state index in [-0.39, 0.29) is 24.1 Å². The summed E-state index contributed by atoms with van der Waals surface area (Å²) >= 11 is 7.44. The highest BCUT2D eigenvalue weighted by molar-refractivity contribution is 7.10. The van der Waals surface area contributed by atoms with Gasteiger partial charge in [-0.25, -0.2) is 4.79 Å². The highest BCUT2D eigenvalue weighted by atomic mass is 35.5. The molecule has 1 aromatic carbocycles. The maximum absolute atomic E-state index is 11.8. The van der Waals surface area contributed by atoms with Crippen LogP contribution in [0.1, 0.15) is 28.2 Å². The Kier molecular flexibility index (Phi) is 5.36. The maximum Gasteiger partial charge on any atom is 0.340 e. The molecule has 6 heteroatoms. The minimum absolute atomic E-state index is 0.114. The standard InChI is InChI=1S/C15H14ClNO3S/c1-10(13-7-4-8-21-13)17-14(18)9-20-15(19)11-5-2-3-6-12(11)16/h2-8,10H,9H2,1H3,(H,17,18)/t10-/m1/s1. The number of ether oxygens (including phenoxy) is 1. The van der Waals surface area contributed by atoms with Crippen molar-refractivity contribution in [1.82, 2.24) is 5.32 Å². The molecule has 1 N–H and O–H groups in total. The van der Waals surface area contributed by atoms with Crippen molar-refractivity contribution in [1.29, 1.82) is 0 Å². The summed E-state index contributed by atoms with van der Waals surface area (Å²) in [6, 6.07) is 10.3. The zero-order valence-corrected chi connectivity index (χ0v) is 12.9. The van der Waals surface area contributed by atoms with Gasteiger partial charge in [-0.2, -0.15) is 0 Å². The van der Waals surface area contributed by atoms with Crippen LogP contribution in [0.3, 0.4) is 0 Å². The molecule has 2 aromatic rings. The van der Waals surface area contributed by atoms with E-state index in [0.29, 0.717) is 5.02 Å². The molecular formula is C15H14ClNO3S. The number of halogens is 1. The van der Waals surface area contributed by atoms with Gasteiger partial charge in [0.2, 0.25) is 0 Å². The predicted molar refractivity (Wildman–Crippen MR) is 82.6 cm³/mol. The van der Waals surface area contributed by atoms with Crippen molar-refractivity contribution in [3.8, 4) is 0 Å². The molecule has 0 fully saturated rings. The number of rotatable bonds is 5. The van der Waals surface area contributed by atoms with Crippen molar-refractivity contribution in [3.63, 3.8) is 0 Å². The number of hydrogen-bond donors (Lipinski definition) is 1. The van der Waals surface area contributed by atoms with Crippen LogP contribution in [-0.4, -0.2) is 18.5 Å². The van der Waals surface area contributed by atoms with Crippen LogP contribution in [0.4, 0.5) is 0 Å². The fraction of sp³-hybridized carbons (Fsp3) is 0.200. The average molecular weight is 324 g/mol. The molecule has 21 heavy (non-hydrogen) atoms. The second-order valence-electron chi connectivity index (χ2n) is 4.36. The molecule has 0 saturated carbocycles. The van der Waals surface area contributed by atoms with Gasteiger partial charge in [0, 0.05) is 4.88 Å². The lowest BCUT2D eigenvalue weighted by molar-refractivity contribution is -0.124. The molecule has 2 rings (SSSR count). The highest BCUT2D eigenvalue weighted by Gasteiger charge is 2.15. The van der Waals surface area contributed by atoms with E-state index >= 15 is 0 Å². The minimum Gasteiger partial charge on any atom is -0.452 e. The van der Waals surface area contributed by atoms with Gasteiger partial charge in [0.05, 0.1) is 16.6 Å². The Balaban J connectivity index is 1.84. The van der Waals surface area contributed by atoms with Crippen LogP contribution >= 0.6 is 22.9 Å². The number of thiophene rings is 1. The van der Waals surface area contributed by atoms with Gasteiger partial charge in [-0.15, -0.1) is 11.3 Å². The Morgan fingerprint density at radius 1 is 1.29 bits per heavy atom. The summed E-state index contributed by atoms with van der Waals surface area (Å²) < 4.78 is 4.96. The molecular weight excluding hydrogens is 310 g/mol. The minimum atomic E-state index is -0.612. The molecule has 1 amide bonds. The van der Waals surface area contributed by atoms with Gasteiger partial charge in [0.15, 0.2) is 6.61 Å². The first-order valence-corrected chi connectivity index (χ1v) is 7.58. The number of hydrogen-bond acceptors (Lipinski definition) is 4. The first kappa shape index (κ1) is 15.5.